The first-order valence-corrected chi connectivity index (χ1v) is 12.5. The summed E-state index contributed by atoms with van der Waals surface area (Å²) >= 11 is 0. The molecule has 10 heteroatoms. The van der Waals surface area contributed by atoms with E-state index in [9.17, 15) is 9.18 Å². The van der Waals surface area contributed by atoms with Crippen molar-refractivity contribution in [3.63, 3.8) is 0 Å². The van der Waals surface area contributed by atoms with Gasteiger partial charge in [-0.05, 0) is 36.5 Å². The topological polar surface area (TPSA) is 107 Å². The number of ether oxygens (including phenoxy) is 1. The zero-order chi connectivity index (χ0) is 27.7. The van der Waals surface area contributed by atoms with Crippen LogP contribution in [0.4, 0.5) is 10.2 Å². The molecule has 3 rings (SSSR count). The maximum atomic E-state index is 13.3. The molecule has 38 heavy (non-hydrogen) atoms. The van der Waals surface area contributed by atoms with E-state index in [-0.39, 0.29) is 35.2 Å². The molecule has 1 amide bonds. The molecule has 0 saturated heterocycles. The van der Waals surface area contributed by atoms with Crippen molar-refractivity contribution < 1.29 is 18.4 Å². The molecular formula is C28H35FN6O3. The molecule has 9 nitrogen and oxygen atoms in total. The predicted molar refractivity (Wildman–Crippen MR) is 144 cm³/mol. The number of aryl methyl sites for hydroxylation is 1. The van der Waals surface area contributed by atoms with Crippen LogP contribution in [0.1, 0.15) is 51.7 Å². The smallest absolute Gasteiger partial charge is 0.316 e. The first-order chi connectivity index (χ1) is 18.2. The van der Waals surface area contributed by atoms with Gasteiger partial charge in [0, 0.05) is 54.5 Å². The SMILES string of the molecule is C=CC(CCCc1noc(C(C)(C)C)n1)CN(C(=O)C(=C)CCF)c1cc(-c2cnc(OC)nc2)ccn1. The molecule has 1 atom stereocenters. The highest BCUT2D eigenvalue weighted by Crippen LogP contribution is 2.26. The first-order valence-electron chi connectivity index (χ1n) is 12.5. The molecule has 0 radical (unpaired) electrons. The molecule has 0 saturated carbocycles. The first kappa shape index (κ1) is 28.6. The molecule has 0 aliphatic heterocycles. The maximum absolute atomic E-state index is 13.3. The molecule has 0 spiro atoms. The van der Waals surface area contributed by atoms with Gasteiger partial charge in [0.1, 0.15) is 5.82 Å². The van der Waals surface area contributed by atoms with Gasteiger partial charge in [-0.15, -0.1) is 6.58 Å². The number of carbonyl (C=O) groups is 1. The van der Waals surface area contributed by atoms with Crippen molar-refractivity contribution in [1.29, 1.82) is 0 Å². The number of nitrogens with zero attached hydrogens (tertiary/aromatic N) is 6. The summed E-state index contributed by atoms with van der Waals surface area (Å²) in [6, 6.07) is 3.83. The van der Waals surface area contributed by atoms with Crippen LogP contribution < -0.4 is 9.64 Å². The van der Waals surface area contributed by atoms with E-state index in [0.717, 1.165) is 24.0 Å². The third-order valence-corrected chi connectivity index (χ3v) is 5.95. The van der Waals surface area contributed by atoms with Crippen LogP contribution in [-0.2, 0) is 16.6 Å². The summed E-state index contributed by atoms with van der Waals surface area (Å²) in [6.07, 6.45) is 8.78. The molecule has 0 aliphatic carbocycles. The van der Waals surface area contributed by atoms with Crippen LogP contribution in [0.15, 0.2) is 60.1 Å². The Bertz CT molecular complexity index is 1240. The fourth-order valence-corrected chi connectivity index (χ4v) is 3.71. The summed E-state index contributed by atoms with van der Waals surface area (Å²) in [5.41, 5.74) is 1.47. The molecule has 3 heterocycles. The Morgan fingerprint density at radius 1 is 1.24 bits per heavy atom. The summed E-state index contributed by atoms with van der Waals surface area (Å²) < 4.78 is 23.4. The molecule has 0 aliphatic rings. The Hall–Kier alpha value is -3.95. The van der Waals surface area contributed by atoms with E-state index in [4.69, 9.17) is 9.26 Å². The molecular weight excluding hydrogens is 487 g/mol. The molecule has 0 N–H and O–H groups in total. The second-order valence-electron chi connectivity index (χ2n) is 9.97. The lowest BCUT2D eigenvalue weighted by Gasteiger charge is -2.26. The second-order valence-corrected chi connectivity index (χ2v) is 9.97. The van der Waals surface area contributed by atoms with Gasteiger partial charge in [-0.3, -0.25) is 14.1 Å². The van der Waals surface area contributed by atoms with E-state index in [0.29, 0.717) is 30.5 Å². The normalized spacial score (nSPS) is 12.1. The summed E-state index contributed by atoms with van der Waals surface area (Å²) in [4.78, 5) is 32.1. The number of anilines is 1. The quantitative estimate of drug-likeness (QED) is 0.220. The molecule has 202 valence electrons. The van der Waals surface area contributed by atoms with Crippen molar-refractivity contribution >= 4 is 11.7 Å². The van der Waals surface area contributed by atoms with Crippen LogP contribution in [-0.4, -0.2) is 51.3 Å². The Morgan fingerprint density at radius 3 is 2.58 bits per heavy atom. The summed E-state index contributed by atoms with van der Waals surface area (Å²) in [5, 5.41) is 4.08. The molecule has 0 fully saturated rings. The third kappa shape index (κ3) is 7.53. The highest BCUT2D eigenvalue weighted by atomic mass is 19.1. The van der Waals surface area contributed by atoms with E-state index in [1.807, 2.05) is 26.8 Å². The molecule has 0 aromatic carbocycles. The predicted octanol–water partition coefficient (Wildman–Crippen LogP) is 5.30. The van der Waals surface area contributed by atoms with Gasteiger partial charge in [-0.25, -0.2) is 15.0 Å². The van der Waals surface area contributed by atoms with Crippen molar-refractivity contribution in [2.45, 2.75) is 51.9 Å². The number of aromatic nitrogens is 5. The van der Waals surface area contributed by atoms with Gasteiger partial charge < -0.3 is 9.26 Å². The van der Waals surface area contributed by atoms with E-state index in [1.54, 1.807) is 30.7 Å². The minimum atomic E-state index is -0.665. The average molecular weight is 523 g/mol. The van der Waals surface area contributed by atoms with E-state index in [1.165, 1.54) is 12.0 Å². The molecule has 3 aromatic heterocycles. The van der Waals surface area contributed by atoms with Gasteiger partial charge >= 0.3 is 6.01 Å². The van der Waals surface area contributed by atoms with Crippen molar-refractivity contribution in [2.75, 3.05) is 25.2 Å². The minimum Gasteiger partial charge on any atom is -0.467 e. The van der Waals surface area contributed by atoms with Gasteiger partial charge in [0.2, 0.25) is 5.89 Å². The van der Waals surface area contributed by atoms with Gasteiger partial charge in [-0.1, -0.05) is 38.6 Å². The summed E-state index contributed by atoms with van der Waals surface area (Å²) in [5.74, 6) is 1.24. The Balaban J connectivity index is 1.78. The van der Waals surface area contributed by atoms with Crippen molar-refractivity contribution in [2.24, 2.45) is 5.92 Å². The number of carbonyl (C=O) groups excluding carboxylic acids is 1. The van der Waals surface area contributed by atoms with Crippen LogP contribution in [0.25, 0.3) is 11.1 Å². The van der Waals surface area contributed by atoms with Gasteiger partial charge in [0.25, 0.3) is 5.91 Å². The van der Waals surface area contributed by atoms with Crippen LogP contribution in [0.5, 0.6) is 6.01 Å². The van der Waals surface area contributed by atoms with Crippen LogP contribution >= 0.6 is 0 Å². The molecule has 1 unspecified atom stereocenters. The zero-order valence-electron chi connectivity index (χ0n) is 22.5. The van der Waals surface area contributed by atoms with Crippen molar-refractivity contribution in [3.05, 3.63) is 67.2 Å². The number of halogens is 1. The Morgan fingerprint density at radius 2 is 1.97 bits per heavy atom. The summed E-state index contributed by atoms with van der Waals surface area (Å²) in [7, 11) is 1.49. The lowest BCUT2D eigenvalue weighted by Crippen LogP contribution is -2.36. The Kier molecular flexibility index (Phi) is 9.81. The zero-order valence-corrected chi connectivity index (χ0v) is 22.5. The van der Waals surface area contributed by atoms with E-state index >= 15 is 0 Å². The average Bonchev–Trinajstić information content (AvgIpc) is 3.40. The lowest BCUT2D eigenvalue weighted by molar-refractivity contribution is -0.115. The van der Waals surface area contributed by atoms with Crippen molar-refractivity contribution in [3.8, 4) is 17.1 Å². The van der Waals surface area contributed by atoms with Crippen molar-refractivity contribution in [1.82, 2.24) is 25.1 Å². The number of alkyl halides is 1. The number of amides is 1. The minimum absolute atomic E-state index is 0.0476. The fraction of sp³-hybridized carbons (Fsp3) is 0.429. The number of pyridine rings is 1. The maximum Gasteiger partial charge on any atom is 0.316 e. The van der Waals surface area contributed by atoms with Crippen LogP contribution in [0.3, 0.4) is 0 Å². The monoisotopic (exact) mass is 522 g/mol. The standard InChI is InChI=1S/C28H35FN6O3/c1-7-20(9-8-10-23-33-26(38-34-23)28(3,4)5)18-35(25(36)19(2)11-13-29)24-15-21(12-14-30-24)22-16-31-27(37-6)32-17-22/h7,12,14-17,20H,1-2,8-11,13,18H2,3-6H3. The third-order valence-electron chi connectivity index (χ3n) is 5.95. The second kappa shape index (κ2) is 13.0. The largest absolute Gasteiger partial charge is 0.467 e. The number of rotatable bonds is 13. The van der Waals surface area contributed by atoms with E-state index in [2.05, 4.69) is 38.3 Å². The molecule has 0 bridgehead atoms. The molecule has 3 aromatic rings. The van der Waals surface area contributed by atoms with E-state index < -0.39 is 6.67 Å². The lowest BCUT2D eigenvalue weighted by atomic mass is 9.97. The van der Waals surface area contributed by atoms with Crippen LogP contribution in [0, 0.1) is 5.92 Å². The highest BCUT2D eigenvalue weighted by molar-refractivity contribution is 6.04. The van der Waals surface area contributed by atoms with Crippen LogP contribution in [0.2, 0.25) is 0 Å². The number of hydrogen-bond acceptors (Lipinski definition) is 8. The number of methoxy groups -OCH3 is 1. The number of hydrogen-bond donors (Lipinski definition) is 0. The van der Waals surface area contributed by atoms with Gasteiger partial charge in [0.15, 0.2) is 5.82 Å². The highest BCUT2D eigenvalue weighted by Gasteiger charge is 2.24. The van der Waals surface area contributed by atoms with Gasteiger partial charge in [0.05, 0.1) is 13.8 Å². The summed E-state index contributed by atoms with van der Waals surface area (Å²) in [6.45, 7) is 13.5. The van der Waals surface area contributed by atoms with Gasteiger partial charge in [-0.2, -0.15) is 4.98 Å². The Labute approximate surface area is 222 Å². The fourth-order valence-electron chi connectivity index (χ4n) is 3.71.